The first-order valence-corrected chi connectivity index (χ1v) is 51.1. The molecule has 19 N–H and O–H groups in total. The summed E-state index contributed by atoms with van der Waals surface area (Å²) in [7, 11) is 4.00. The zero-order valence-electron chi connectivity index (χ0n) is 84.6. The van der Waals surface area contributed by atoms with Crippen LogP contribution in [0.25, 0.3) is 44.5 Å². The van der Waals surface area contributed by atoms with Gasteiger partial charge in [-0.05, 0) is 117 Å². The van der Waals surface area contributed by atoms with E-state index in [9.17, 15) is 43.8 Å². The zero-order valence-corrected chi connectivity index (χ0v) is 85.4. The predicted molar refractivity (Wildman–Crippen MR) is 545 cm³/mol. The van der Waals surface area contributed by atoms with Gasteiger partial charge in [0.05, 0.1) is 24.8 Å². The molecule has 0 unspecified atom stereocenters. The largest absolute Gasteiger partial charge is 0.508 e. The number of hydrogen-bond acceptors (Lipinski definition) is 26. The summed E-state index contributed by atoms with van der Waals surface area (Å²) < 4.78 is 7.72. The van der Waals surface area contributed by atoms with Gasteiger partial charge in [-0.15, -0.1) is 11.8 Å². The summed E-state index contributed by atoms with van der Waals surface area (Å²) in [6.45, 7) is 9.60. The molecule has 3 saturated heterocycles. The molecule has 3 fully saturated rings. The molecule has 8 heterocycles. The summed E-state index contributed by atoms with van der Waals surface area (Å²) in [4.78, 5) is 291. The van der Waals surface area contributed by atoms with Gasteiger partial charge < -0.3 is 124 Å². The molecule has 0 saturated carbocycles. The zero-order chi connectivity index (χ0) is 107. The van der Waals surface area contributed by atoms with Gasteiger partial charge in [-0.1, -0.05) is 134 Å². The highest BCUT2D eigenvalue weighted by Crippen LogP contribution is 2.32. The normalized spacial score (nSPS) is 24.3. The SMILES string of the molecule is CCCC[C@H]1C(=O)N(C)[C@@H](CCCC)C(=O)N[C@@H](CC(C)C)C(=O)N[C@H](C(=O)NCC(N)=O)CSCC(=O)N[C@@H](Cc2ccc(O)cc2)C(=O)N(C)[C@@H](C)C(=O)N[C@@H](CC(N)=O)C(=O)N2CCC[C@H]2C(=O)N[C@@H](CNc2ncnc3oc(-c4ccccc4)nc23)C(=O)N[C@@H](CC(C)C)C(=O)N2C[C@H](O)C[C@H]2C(=O)N[C@@H](Cc2c[nH]c3ccccc23)C(=O)N[C@H]2CCNC(=O)Cn3cc(c4ccccc43)C[C@H](NC2=O)C(=O)N1C. The van der Waals surface area contributed by atoms with E-state index in [1.807, 2.05) is 13.8 Å². The Balaban J connectivity index is 0.921. The number of primary amides is 2. The van der Waals surface area contributed by atoms with E-state index in [0.717, 1.165) is 32.8 Å². The summed E-state index contributed by atoms with van der Waals surface area (Å²) >= 11 is 0.791. The van der Waals surface area contributed by atoms with Crippen molar-refractivity contribution >= 4 is 157 Å². The van der Waals surface area contributed by atoms with Crippen LogP contribution in [0.15, 0.2) is 126 Å². The maximum absolute atomic E-state index is 16.1. The van der Waals surface area contributed by atoms with E-state index in [4.69, 9.17) is 15.9 Å². The van der Waals surface area contributed by atoms with Crippen molar-refractivity contribution in [3.8, 4) is 17.2 Å². The molecule has 4 aromatic carbocycles. The number of aromatic hydroxyl groups is 1. The minimum Gasteiger partial charge on any atom is -0.508 e. The lowest BCUT2D eigenvalue weighted by Gasteiger charge is -2.36. The first-order chi connectivity index (χ1) is 70.7. The highest BCUT2D eigenvalue weighted by Gasteiger charge is 2.47. The van der Waals surface area contributed by atoms with Gasteiger partial charge in [0.1, 0.15) is 103 Å². The van der Waals surface area contributed by atoms with Gasteiger partial charge in [0, 0.05) is 119 Å². The number of unbranched alkanes of at least 4 members (excludes halogenated alkanes) is 2. The van der Waals surface area contributed by atoms with Crippen molar-refractivity contribution < 1.29 is 101 Å². The topological polar surface area (TPSA) is 633 Å². The van der Waals surface area contributed by atoms with Gasteiger partial charge >= 0.3 is 0 Å². The highest BCUT2D eigenvalue weighted by molar-refractivity contribution is 8.00. The molecule has 4 aliphatic rings. The first-order valence-electron chi connectivity index (χ1n) is 50.0. The van der Waals surface area contributed by atoms with Crippen LogP contribution in [0.2, 0.25) is 0 Å². The molecule has 12 rings (SSSR count). The summed E-state index contributed by atoms with van der Waals surface area (Å²) in [5, 5.41) is 56.4. The van der Waals surface area contributed by atoms with Crippen LogP contribution in [0.3, 0.4) is 0 Å². The Morgan fingerprint density at radius 1 is 0.581 bits per heavy atom. The van der Waals surface area contributed by atoms with Crippen LogP contribution in [0, 0.1) is 11.8 Å². The number of aromatic nitrogens is 5. The van der Waals surface area contributed by atoms with E-state index >= 15 is 52.7 Å². The van der Waals surface area contributed by atoms with Gasteiger partial charge in [0.15, 0.2) is 11.3 Å². The lowest BCUT2D eigenvalue weighted by Crippen LogP contribution is -2.62. The Bertz CT molecular complexity index is 6170. The molecule has 45 nitrogen and oxygen atoms in total. The molecule has 8 aromatic rings. The lowest BCUT2D eigenvalue weighted by molar-refractivity contribution is -0.149. The maximum Gasteiger partial charge on any atom is 0.252 e. The van der Waals surface area contributed by atoms with Gasteiger partial charge in [-0.2, -0.15) is 4.98 Å². The number of oxazole rings is 1. The Hall–Kier alpha value is -15.1. The number of fused-ring (bicyclic) bond motifs is 12. The van der Waals surface area contributed by atoms with Gasteiger partial charge in [-0.25, -0.2) is 9.97 Å². The highest BCUT2D eigenvalue weighted by atomic mass is 32.2. The van der Waals surface area contributed by atoms with Crippen LogP contribution in [-0.4, -0.2) is 322 Å². The van der Waals surface area contributed by atoms with E-state index < -0.39 is 247 Å². The summed E-state index contributed by atoms with van der Waals surface area (Å²) in [6.07, 6.45) is 2.21. The number of carbonyl (C=O) groups is 18. The number of rotatable bonds is 23. The average Bonchev–Trinajstić information content (AvgIpc) is 1.51. The molecule has 4 aliphatic heterocycles. The number of hydrogen-bond donors (Lipinski definition) is 17. The van der Waals surface area contributed by atoms with Crippen molar-refractivity contribution in [2.24, 2.45) is 23.3 Å². The van der Waals surface area contributed by atoms with Crippen molar-refractivity contribution in [2.45, 2.75) is 248 Å². The Morgan fingerprint density at radius 3 is 1.91 bits per heavy atom. The smallest absolute Gasteiger partial charge is 0.252 e. The maximum atomic E-state index is 16.1. The summed E-state index contributed by atoms with van der Waals surface area (Å²) in [5.74, 6) is -18.0. The van der Waals surface area contributed by atoms with Crippen molar-refractivity contribution in [3.63, 3.8) is 0 Å². The minimum atomic E-state index is -1.82. The van der Waals surface area contributed by atoms with E-state index in [1.54, 1.807) is 124 Å². The number of aromatic amines is 1. The third-order valence-corrected chi connectivity index (χ3v) is 27.9. The Morgan fingerprint density at radius 2 is 1.20 bits per heavy atom. The number of benzene rings is 4. The van der Waals surface area contributed by atoms with Crippen molar-refractivity contribution in [3.05, 3.63) is 139 Å². The second-order valence-corrected chi connectivity index (χ2v) is 39.9. The number of thioether (sulfide) groups is 1. The molecule has 0 aliphatic carbocycles. The van der Waals surface area contributed by atoms with Crippen LogP contribution in [0.4, 0.5) is 5.82 Å². The molecule has 4 aromatic heterocycles. The van der Waals surface area contributed by atoms with Gasteiger partial charge in [-0.3, -0.25) is 86.3 Å². The first kappa shape index (κ1) is 112. The van der Waals surface area contributed by atoms with Crippen LogP contribution in [-0.2, 0) is 112 Å². The number of likely N-dealkylation sites (N-methyl/N-ethyl adjacent to an activating group) is 3. The number of H-pyrrole nitrogens is 1. The van der Waals surface area contributed by atoms with Crippen LogP contribution >= 0.6 is 11.8 Å². The number of nitrogens with two attached hydrogens (primary N) is 2. The third-order valence-electron chi connectivity index (χ3n) is 26.8. The van der Waals surface area contributed by atoms with E-state index in [1.165, 1.54) is 62.1 Å². The number of carbonyl (C=O) groups excluding carboxylic acids is 18. The molecule has 148 heavy (non-hydrogen) atoms. The summed E-state index contributed by atoms with van der Waals surface area (Å²) in [6, 6.07) is 6.71. The van der Waals surface area contributed by atoms with Gasteiger partial charge in [0.25, 0.3) is 5.71 Å². The molecule has 794 valence electrons. The number of phenols is 1. The number of nitrogens with one attached hydrogen (secondary N) is 13. The minimum absolute atomic E-state index is 0.00139. The molecule has 4 bridgehead atoms. The lowest BCUT2D eigenvalue weighted by atomic mass is 9.99. The summed E-state index contributed by atoms with van der Waals surface area (Å²) in [5.41, 5.74) is 14.5. The van der Waals surface area contributed by atoms with E-state index in [2.05, 4.69) is 83.7 Å². The fourth-order valence-corrected chi connectivity index (χ4v) is 19.7. The van der Waals surface area contributed by atoms with Gasteiger partial charge in [0.2, 0.25) is 112 Å². The molecule has 46 heteroatoms. The molecular weight excluding hydrogens is 1930 g/mol. The second-order valence-electron chi connectivity index (χ2n) is 38.9. The predicted octanol–water partition coefficient (Wildman–Crippen LogP) is 0.599. The standard InChI is InChI=1S/C102H134N24O21S/c1-11-13-28-77-93(139)113-68(39-55(3)4)90(136)119-75(88(134)108-48-82(104)130)52-148-53-84(132)111-71(41-58-32-34-62(127)35-33-58)98(142)121(8)57(7)87(133)115-73(45-81(103)129)100(144)125-38-22-31-78(125)94(140)118-74(47-107-86-85-97(110-54-109-86)147-96(120-85)59-23-16-15-17-24-59)92(138)116-70(40-56(5)6)101(145)126-50-63(128)44-80(126)95(141)114-69(42-60-46-106-66-27-20-18-25-64(60)66)91(137)112-67-36-37-105-83(131)51-124-49-61(65-26-19-21-30-76(65)124)43-72(117-89(67)135)99(143)123(10)79(29-14-12-2)102(146)122(77)9/h15-21,23-27,30,32-35,46,49,54-57,63,67-75,77-80,106,127-128H,11-14,22,28-29,31,36-45,47-48,50-53H2,1-10H3,(H2,103,129)(H2,104,130)(H,105,131)(H,108,134)(H,111,132)(H,112,137)(H,113,139)(H,114,141)(H,115,133)(H,116,138)(H,117,135)(H,118,140)(H,119,136)(H,107,109,110)/t57-,63+,67-,68-,69-,70-,71-,72-,73-,74-,75-,77-,78-,79-,80-/m0/s1. The molecule has 0 radical (unpaired) electrons. The van der Waals surface area contributed by atoms with Crippen molar-refractivity contribution in [2.75, 3.05) is 70.7 Å². The second kappa shape index (κ2) is 51.8. The van der Waals surface area contributed by atoms with Crippen LogP contribution in [0.5, 0.6) is 5.75 Å². The monoisotopic (exact) mass is 2060 g/mol. The Labute approximate surface area is 859 Å². The molecule has 0 spiro atoms. The fourth-order valence-electron chi connectivity index (χ4n) is 18.8. The number of aliphatic hydroxyl groups excluding tert-OH is 1. The molecule has 15 atom stereocenters. The average molecular weight is 2060 g/mol. The van der Waals surface area contributed by atoms with Crippen LogP contribution in [0.1, 0.15) is 149 Å². The van der Waals surface area contributed by atoms with E-state index in [-0.39, 0.29) is 118 Å². The number of aliphatic hydroxyl groups is 1. The quantitative estimate of drug-likeness (QED) is 0.0417. The number of phenolic OH excluding ortho intramolecular Hbond substituents is 1. The number of para-hydroxylation sites is 2. The Kier molecular flexibility index (Phi) is 39.1. The third kappa shape index (κ3) is 29.0. The van der Waals surface area contributed by atoms with E-state index in [0.29, 0.717) is 69.7 Å². The van der Waals surface area contributed by atoms with Crippen molar-refractivity contribution in [1.82, 2.24) is 107 Å². The fraction of sp³-hybridized carbons (Fsp3) is 0.500. The number of amides is 18. The van der Waals surface area contributed by atoms with Crippen LogP contribution < -0.4 is 75.3 Å². The van der Waals surface area contributed by atoms with Crippen molar-refractivity contribution in [1.29, 1.82) is 0 Å². The number of nitrogens with zero attached hydrogens (tertiary/aromatic N) is 9. The molecule has 18 amide bonds. The molecular formula is C102H134N24O21S. The number of anilines is 1.